The number of hydrogen-bond donors (Lipinski definition) is 2. The molecule has 0 aromatic heterocycles. The molecule has 1 aromatic rings. The molecule has 0 spiro atoms. The van der Waals surface area contributed by atoms with Crippen molar-refractivity contribution in [3.05, 3.63) is 33.8 Å². The van der Waals surface area contributed by atoms with Crippen LogP contribution in [-0.4, -0.2) is 24.5 Å². The van der Waals surface area contributed by atoms with E-state index in [2.05, 4.69) is 33.5 Å². The van der Waals surface area contributed by atoms with Crippen molar-refractivity contribution in [1.29, 1.82) is 0 Å². The van der Waals surface area contributed by atoms with Crippen LogP contribution < -0.4 is 10.6 Å². The summed E-state index contributed by atoms with van der Waals surface area (Å²) in [5.74, 6) is 0.0283. The quantitative estimate of drug-likeness (QED) is 0.863. The Morgan fingerprint density at radius 3 is 2.84 bits per heavy atom. The van der Waals surface area contributed by atoms with Gasteiger partial charge in [0.1, 0.15) is 0 Å². The van der Waals surface area contributed by atoms with E-state index in [-0.39, 0.29) is 24.4 Å². The normalized spacial score (nSPS) is 22.5. The third-order valence-electron chi connectivity index (χ3n) is 3.51. The van der Waals surface area contributed by atoms with Gasteiger partial charge in [-0.15, -0.1) is 12.4 Å². The molecule has 1 aromatic carbocycles. The van der Waals surface area contributed by atoms with Crippen LogP contribution in [0.2, 0.25) is 0 Å². The van der Waals surface area contributed by atoms with Crippen molar-refractivity contribution >= 4 is 34.2 Å². The zero-order chi connectivity index (χ0) is 13.1. The van der Waals surface area contributed by atoms with Crippen LogP contribution in [0.15, 0.2) is 22.7 Å². The number of piperidine rings is 1. The molecular formula is C14H20BrClN2O. The van der Waals surface area contributed by atoms with Crippen LogP contribution in [0.25, 0.3) is 0 Å². The summed E-state index contributed by atoms with van der Waals surface area (Å²) in [4.78, 5) is 12.2. The number of aryl methyl sites for hydroxylation is 1. The highest BCUT2D eigenvalue weighted by atomic mass is 79.9. The topological polar surface area (TPSA) is 41.1 Å². The largest absolute Gasteiger partial charge is 0.348 e. The van der Waals surface area contributed by atoms with Crippen LogP contribution in [0.1, 0.15) is 35.7 Å². The highest BCUT2D eigenvalue weighted by molar-refractivity contribution is 9.10. The molecule has 0 radical (unpaired) electrons. The van der Waals surface area contributed by atoms with E-state index in [9.17, 15) is 4.79 Å². The van der Waals surface area contributed by atoms with Gasteiger partial charge >= 0.3 is 0 Å². The Hall–Kier alpha value is -0.580. The molecule has 2 atom stereocenters. The van der Waals surface area contributed by atoms with Crippen LogP contribution in [0.4, 0.5) is 0 Å². The molecule has 2 unspecified atom stereocenters. The van der Waals surface area contributed by atoms with E-state index in [0.717, 1.165) is 35.0 Å². The second kappa shape index (κ2) is 7.27. The number of carbonyl (C=O) groups excluding carboxylic acids is 1. The lowest BCUT2D eigenvalue weighted by molar-refractivity contribution is 0.0919. The maximum Gasteiger partial charge on any atom is 0.251 e. The van der Waals surface area contributed by atoms with Gasteiger partial charge in [0.2, 0.25) is 0 Å². The number of hydrogen-bond acceptors (Lipinski definition) is 2. The fourth-order valence-electron chi connectivity index (χ4n) is 2.37. The van der Waals surface area contributed by atoms with E-state index in [1.807, 2.05) is 25.1 Å². The molecule has 1 amide bonds. The first-order valence-electron chi connectivity index (χ1n) is 6.38. The zero-order valence-corrected chi connectivity index (χ0v) is 13.6. The maximum absolute atomic E-state index is 12.2. The Morgan fingerprint density at radius 2 is 2.21 bits per heavy atom. The summed E-state index contributed by atoms with van der Waals surface area (Å²) in [5.41, 5.74) is 1.76. The van der Waals surface area contributed by atoms with E-state index in [4.69, 9.17) is 0 Å². The summed E-state index contributed by atoms with van der Waals surface area (Å²) in [5, 5.41) is 6.52. The van der Waals surface area contributed by atoms with Gasteiger partial charge < -0.3 is 10.6 Å². The van der Waals surface area contributed by atoms with Gasteiger partial charge in [-0.1, -0.05) is 15.9 Å². The minimum absolute atomic E-state index is 0. The number of carbonyl (C=O) groups is 1. The minimum Gasteiger partial charge on any atom is -0.348 e. The number of rotatable bonds is 2. The van der Waals surface area contributed by atoms with Crippen LogP contribution >= 0.6 is 28.3 Å². The third-order valence-corrected chi connectivity index (χ3v) is 4.00. The van der Waals surface area contributed by atoms with E-state index in [1.165, 1.54) is 0 Å². The molecule has 106 valence electrons. The first-order chi connectivity index (χ1) is 8.58. The van der Waals surface area contributed by atoms with E-state index >= 15 is 0 Å². The predicted octanol–water partition coefficient (Wildman–Crippen LogP) is 3.05. The summed E-state index contributed by atoms with van der Waals surface area (Å²) in [6.07, 6.45) is 2.17. The second-order valence-corrected chi connectivity index (χ2v) is 5.84. The monoisotopic (exact) mass is 346 g/mol. The van der Waals surface area contributed by atoms with Gasteiger partial charge in [0.25, 0.3) is 5.91 Å². The molecule has 0 saturated carbocycles. The van der Waals surface area contributed by atoms with Crippen molar-refractivity contribution in [2.45, 2.75) is 38.8 Å². The lowest BCUT2D eigenvalue weighted by Gasteiger charge is -2.30. The third kappa shape index (κ3) is 4.20. The SMILES string of the molecule is Cc1cc(Br)ccc1C(=O)NC1CCCNC1C.Cl. The van der Waals surface area contributed by atoms with Crippen molar-refractivity contribution in [2.75, 3.05) is 6.54 Å². The van der Waals surface area contributed by atoms with Gasteiger partial charge in [0.05, 0.1) is 0 Å². The Bertz CT molecular complexity index is 453. The lowest BCUT2D eigenvalue weighted by atomic mass is 9.99. The van der Waals surface area contributed by atoms with Gasteiger partial charge in [0, 0.05) is 22.1 Å². The predicted molar refractivity (Wildman–Crippen MR) is 84.1 cm³/mol. The van der Waals surface area contributed by atoms with Gasteiger partial charge in [-0.2, -0.15) is 0 Å². The van der Waals surface area contributed by atoms with Gasteiger partial charge in [-0.05, 0) is 57.0 Å². The molecule has 1 saturated heterocycles. The average molecular weight is 348 g/mol. The summed E-state index contributed by atoms with van der Waals surface area (Å²) < 4.78 is 1.00. The van der Waals surface area contributed by atoms with Crippen LogP contribution in [-0.2, 0) is 0 Å². The van der Waals surface area contributed by atoms with E-state index in [1.54, 1.807) is 0 Å². The molecule has 3 nitrogen and oxygen atoms in total. The fourth-order valence-corrected chi connectivity index (χ4v) is 2.84. The van der Waals surface area contributed by atoms with Crippen molar-refractivity contribution in [2.24, 2.45) is 0 Å². The average Bonchev–Trinajstić information content (AvgIpc) is 2.32. The minimum atomic E-state index is 0. The highest BCUT2D eigenvalue weighted by Crippen LogP contribution is 2.17. The molecule has 5 heteroatoms. The van der Waals surface area contributed by atoms with Gasteiger partial charge in [-0.3, -0.25) is 4.79 Å². The molecule has 19 heavy (non-hydrogen) atoms. The Morgan fingerprint density at radius 1 is 1.47 bits per heavy atom. The first-order valence-corrected chi connectivity index (χ1v) is 7.17. The van der Waals surface area contributed by atoms with Gasteiger partial charge in [-0.25, -0.2) is 0 Å². The summed E-state index contributed by atoms with van der Waals surface area (Å²) in [6, 6.07) is 6.32. The smallest absolute Gasteiger partial charge is 0.251 e. The summed E-state index contributed by atoms with van der Waals surface area (Å²) in [6.45, 7) is 5.13. The number of halogens is 2. The van der Waals surface area contributed by atoms with Crippen molar-refractivity contribution in [3.8, 4) is 0 Å². The Kier molecular flexibility index (Phi) is 6.30. The molecule has 2 N–H and O–H groups in total. The molecule has 0 aliphatic carbocycles. The first kappa shape index (κ1) is 16.5. The molecule has 1 fully saturated rings. The maximum atomic E-state index is 12.2. The molecule has 1 aliphatic rings. The van der Waals surface area contributed by atoms with Crippen molar-refractivity contribution < 1.29 is 4.79 Å². The van der Waals surface area contributed by atoms with Crippen LogP contribution in [0.5, 0.6) is 0 Å². The zero-order valence-electron chi connectivity index (χ0n) is 11.2. The van der Waals surface area contributed by atoms with E-state index < -0.39 is 0 Å². The Labute approximate surface area is 129 Å². The molecule has 0 bridgehead atoms. The second-order valence-electron chi connectivity index (χ2n) is 4.92. The van der Waals surface area contributed by atoms with E-state index in [0.29, 0.717) is 6.04 Å². The molecular weight excluding hydrogens is 328 g/mol. The van der Waals surface area contributed by atoms with Crippen LogP contribution in [0.3, 0.4) is 0 Å². The highest BCUT2D eigenvalue weighted by Gasteiger charge is 2.23. The van der Waals surface area contributed by atoms with Crippen molar-refractivity contribution in [3.63, 3.8) is 0 Å². The lowest BCUT2D eigenvalue weighted by Crippen LogP contribution is -2.52. The number of nitrogens with one attached hydrogen (secondary N) is 2. The Balaban J connectivity index is 0.00000180. The van der Waals surface area contributed by atoms with Crippen LogP contribution in [0, 0.1) is 6.92 Å². The number of amides is 1. The summed E-state index contributed by atoms with van der Waals surface area (Å²) in [7, 11) is 0. The molecule has 1 heterocycles. The van der Waals surface area contributed by atoms with Gasteiger partial charge in [0.15, 0.2) is 0 Å². The molecule has 2 rings (SSSR count). The fraction of sp³-hybridized carbons (Fsp3) is 0.500. The standard InChI is InChI=1S/C14H19BrN2O.ClH/c1-9-8-11(15)5-6-12(9)14(18)17-13-4-3-7-16-10(13)2;/h5-6,8,10,13,16H,3-4,7H2,1-2H3,(H,17,18);1H. The summed E-state index contributed by atoms with van der Waals surface area (Å²) >= 11 is 3.41. The molecule has 1 aliphatic heterocycles. The number of benzene rings is 1. The van der Waals surface area contributed by atoms with Crippen molar-refractivity contribution in [1.82, 2.24) is 10.6 Å².